The molecule has 3 nitrogen and oxygen atoms in total. The van der Waals surface area contributed by atoms with Gasteiger partial charge in [0, 0.05) is 53.1 Å². The van der Waals surface area contributed by atoms with Gasteiger partial charge in [-0.25, -0.2) is 4.98 Å². The van der Waals surface area contributed by atoms with Crippen LogP contribution in [0.5, 0.6) is 0 Å². The third-order valence-corrected chi connectivity index (χ3v) is 5.22. The molecule has 3 heterocycles. The number of hydrogen-bond donors (Lipinski definition) is 1. The highest BCUT2D eigenvalue weighted by molar-refractivity contribution is 7.71. The molecule has 0 spiro atoms. The molecule has 0 saturated heterocycles. The molecule has 2 aromatic heterocycles. The predicted octanol–water partition coefficient (Wildman–Crippen LogP) is 3.91. The van der Waals surface area contributed by atoms with Gasteiger partial charge in [0.05, 0.1) is 0 Å². The highest BCUT2D eigenvalue weighted by atomic mass is 32.1. The first kappa shape index (κ1) is 13.1. The third kappa shape index (κ3) is 2.64. The van der Waals surface area contributed by atoms with Crippen molar-refractivity contribution in [2.75, 3.05) is 6.54 Å². The molecule has 1 aromatic carbocycles. The Kier molecular flexibility index (Phi) is 3.33. The predicted molar refractivity (Wildman–Crippen MR) is 89.1 cm³/mol. The minimum atomic E-state index is 0.590. The number of fused-ring (bicyclic) bond motifs is 2. The summed E-state index contributed by atoms with van der Waals surface area (Å²) in [5.74, 6) is 0. The van der Waals surface area contributed by atoms with Crippen LogP contribution in [0, 0.1) is 4.77 Å². The van der Waals surface area contributed by atoms with Crippen molar-refractivity contribution < 1.29 is 0 Å². The topological polar surface area (TPSA) is 31.9 Å². The van der Waals surface area contributed by atoms with E-state index in [9.17, 15) is 0 Å². The van der Waals surface area contributed by atoms with Gasteiger partial charge in [0.15, 0.2) is 4.77 Å². The van der Waals surface area contributed by atoms with Crippen LogP contribution in [0.15, 0.2) is 36.5 Å². The van der Waals surface area contributed by atoms with Crippen molar-refractivity contribution in [1.29, 1.82) is 0 Å². The van der Waals surface area contributed by atoms with E-state index in [1.54, 1.807) is 0 Å². The zero-order chi connectivity index (χ0) is 14.2. The van der Waals surface area contributed by atoms with Crippen LogP contribution in [-0.4, -0.2) is 21.4 Å². The number of benzene rings is 1. The Balaban J connectivity index is 1.55. The molecule has 1 N–H and O–H groups in total. The summed E-state index contributed by atoms with van der Waals surface area (Å²) in [5.41, 5.74) is 2.53. The van der Waals surface area contributed by atoms with Gasteiger partial charge in [-0.05, 0) is 29.7 Å². The molecular weight excluding hydrogens is 298 g/mol. The summed E-state index contributed by atoms with van der Waals surface area (Å²) in [6.45, 7) is 3.02. The molecule has 4 rings (SSSR count). The highest BCUT2D eigenvalue weighted by Crippen LogP contribution is 2.27. The number of H-pyrrole nitrogens is 1. The molecule has 0 unspecified atom stereocenters. The molecule has 0 saturated carbocycles. The van der Waals surface area contributed by atoms with Gasteiger partial charge in [0.25, 0.3) is 0 Å². The van der Waals surface area contributed by atoms with Gasteiger partial charge in [0.2, 0.25) is 0 Å². The van der Waals surface area contributed by atoms with E-state index in [1.807, 2.05) is 17.5 Å². The summed E-state index contributed by atoms with van der Waals surface area (Å²) in [5, 5.41) is 1.35. The van der Waals surface area contributed by atoms with E-state index in [1.165, 1.54) is 26.2 Å². The van der Waals surface area contributed by atoms with Crippen molar-refractivity contribution in [2.45, 2.75) is 19.5 Å². The molecule has 1 aliphatic rings. The Morgan fingerprint density at radius 2 is 2.24 bits per heavy atom. The van der Waals surface area contributed by atoms with Crippen LogP contribution < -0.4 is 0 Å². The van der Waals surface area contributed by atoms with Crippen LogP contribution in [-0.2, 0) is 19.5 Å². The van der Waals surface area contributed by atoms with Crippen molar-refractivity contribution in [3.8, 4) is 0 Å². The van der Waals surface area contributed by atoms with Crippen molar-refractivity contribution >= 4 is 33.6 Å². The Hall–Kier alpha value is -1.56. The summed E-state index contributed by atoms with van der Waals surface area (Å²) in [6, 6.07) is 10.9. The summed E-state index contributed by atoms with van der Waals surface area (Å²) in [6.07, 6.45) is 2.94. The highest BCUT2D eigenvalue weighted by Gasteiger charge is 2.17. The van der Waals surface area contributed by atoms with Crippen LogP contribution in [0.25, 0.3) is 10.1 Å². The SMILES string of the molecule is S=c1ncc2c([nH]1)CCN(Cc1cc3ccccc3s1)C2. The Bertz CT molecular complexity index is 817. The third-order valence-electron chi connectivity index (χ3n) is 3.91. The van der Waals surface area contributed by atoms with E-state index < -0.39 is 0 Å². The molecular formula is C16H15N3S2. The number of thiophene rings is 1. The smallest absolute Gasteiger partial charge is 0.196 e. The molecule has 5 heteroatoms. The van der Waals surface area contributed by atoms with Crippen molar-refractivity contribution in [3.63, 3.8) is 0 Å². The minimum absolute atomic E-state index is 0.590. The maximum atomic E-state index is 5.09. The second kappa shape index (κ2) is 5.33. The molecule has 0 bridgehead atoms. The van der Waals surface area contributed by atoms with Crippen LogP contribution in [0.3, 0.4) is 0 Å². The number of aromatic amines is 1. The van der Waals surface area contributed by atoms with Gasteiger partial charge in [0.1, 0.15) is 0 Å². The van der Waals surface area contributed by atoms with Gasteiger partial charge < -0.3 is 4.98 Å². The quantitative estimate of drug-likeness (QED) is 0.728. The summed E-state index contributed by atoms with van der Waals surface area (Å²) < 4.78 is 1.96. The van der Waals surface area contributed by atoms with E-state index in [2.05, 4.69) is 45.2 Å². The van der Waals surface area contributed by atoms with E-state index in [0.29, 0.717) is 4.77 Å². The number of aromatic nitrogens is 2. The minimum Gasteiger partial charge on any atom is -0.334 e. The second-order valence-corrected chi connectivity index (χ2v) is 6.96. The molecule has 0 radical (unpaired) electrons. The molecule has 0 amide bonds. The van der Waals surface area contributed by atoms with Crippen LogP contribution in [0.4, 0.5) is 0 Å². The average molecular weight is 313 g/mol. The lowest BCUT2D eigenvalue weighted by Gasteiger charge is -2.27. The van der Waals surface area contributed by atoms with Gasteiger partial charge in [-0.2, -0.15) is 0 Å². The van der Waals surface area contributed by atoms with Crippen molar-refractivity contribution in [1.82, 2.24) is 14.9 Å². The standard InChI is InChI=1S/C16H15N3S2/c20-16-17-8-12-9-19(6-5-14(12)18-16)10-13-7-11-3-1-2-4-15(11)21-13/h1-4,7-8H,5-6,9-10H2,(H,17,18,20). The Morgan fingerprint density at radius 3 is 3.14 bits per heavy atom. The van der Waals surface area contributed by atoms with Gasteiger partial charge in [-0.3, -0.25) is 4.90 Å². The number of nitrogens with zero attached hydrogens (tertiary/aromatic N) is 2. The fourth-order valence-corrected chi connectivity index (χ4v) is 4.16. The van der Waals surface area contributed by atoms with Gasteiger partial charge in [-0.15, -0.1) is 11.3 Å². The Morgan fingerprint density at radius 1 is 1.33 bits per heavy atom. The van der Waals surface area contributed by atoms with Crippen molar-refractivity contribution in [3.05, 3.63) is 57.4 Å². The largest absolute Gasteiger partial charge is 0.334 e. The van der Waals surface area contributed by atoms with E-state index in [0.717, 1.165) is 26.1 Å². The van der Waals surface area contributed by atoms with Crippen LogP contribution in [0.1, 0.15) is 16.1 Å². The lowest BCUT2D eigenvalue weighted by Crippen LogP contribution is -2.30. The van der Waals surface area contributed by atoms with Crippen molar-refractivity contribution in [2.24, 2.45) is 0 Å². The first-order chi connectivity index (χ1) is 10.3. The fourth-order valence-electron chi connectivity index (χ4n) is 2.88. The molecule has 1 aliphatic heterocycles. The summed E-state index contributed by atoms with van der Waals surface area (Å²) in [7, 11) is 0. The average Bonchev–Trinajstić information content (AvgIpc) is 2.89. The molecule has 0 fully saturated rings. The normalized spacial score (nSPS) is 15.2. The number of nitrogens with one attached hydrogen (secondary N) is 1. The van der Waals surface area contributed by atoms with E-state index in [-0.39, 0.29) is 0 Å². The molecule has 21 heavy (non-hydrogen) atoms. The maximum Gasteiger partial charge on any atom is 0.196 e. The first-order valence-electron chi connectivity index (χ1n) is 7.05. The van der Waals surface area contributed by atoms with E-state index >= 15 is 0 Å². The Labute approximate surface area is 132 Å². The molecule has 3 aromatic rings. The molecule has 106 valence electrons. The number of hydrogen-bond acceptors (Lipinski definition) is 4. The number of rotatable bonds is 2. The zero-order valence-corrected chi connectivity index (χ0v) is 13.1. The van der Waals surface area contributed by atoms with E-state index in [4.69, 9.17) is 12.2 Å². The lowest BCUT2D eigenvalue weighted by atomic mass is 10.1. The summed E-state index contributed by atoms with van der Waals surface area (Å²) >= 11 is 6.98. The fraction of sp³-hybridized carbons (Fsp3) is 0.250. The molecule has 0 aliphatic carbocycles. The van der Waals surface area contributed by atoms with Gasteiger partial charge in [-0.1, -0.05) is 18.2 Å². The lowest BCUT2D eigenvalue weighted by molar-refractivity contribution is 0.245. The summed E-state index contributed by atoms with van der Waals surface area (Å²) in [4.78, 5) is 11.3. The first-order valence-corrected chi connectivity index (χ1v) is 8.27. The van der Waals surface area contributed by atoms with Crippen LogP contribution >= 0.6 is 23.6 Å². The maximum absolute atomic E-state index is 5.09. The molecule has 0 atom stereocenters. The monoisotopic (exact) mass is 313 g/mol. The second-order valence-electron chi connectivity index (χ2n) is 5.40. The van der Waals surface area contributed by atoms with Crippen LogP contribution in [0.2, 0.25) is 0 Å². The zero-order valence-electron chi connectivity index (χ0n) is 11.5. The van der Waals surface area contributed by atoms with Gasteiger partial charge >= 0.3 is 0 Å².